The van der Waals surface area contributed by atoms with Gasteiger partial charge in [0.1, 0.15) is 0 Å². The Kier molecular flexibility index (Phi) is 2.03. The Labute approximate surface area is 114 Å². The summed E-state index contributed by atoms with van der Waals surface area (Å²) in [7, 11) is 0. The predicted molar refractivity (Wildman–Crippen MR) is 71.1 cm³/mol. The van der Waals surface area contributed by atoms with E-state index in [4.69, 9.17) is 0 Å². The molecule has 1 saturated heterocycles. The molecule has 0 spiro atoms. The number of rotatable bonds is 1. The average molecular weight is 261 g/mol. The lowest BCUT2D eigenvalue weighted by Crippen LogP contribution is -2.58. The van der Waals surface area contributed by atoms with Gasteiger partial charge in [-0.3, -0.25) is 14.9 Å². The largest absolute Gasteiger partial charge is 0.296 e. The molecular weight excluding hydrogens is 238 g/mol. The first-order valence-electron chi connectivity index (χ1n) is 7.65. The topological polar surface area (TPSA) is 46.2 Å². The highest BCUT2D eigenvalue weighted by molar-refractivity contribution is 6.03. The van der Waals surface area contributed by atoms with Gasteiger partial charge in [0.05, 0.1) is 5.92 Å². The lowest BCUT2D eigenvalue weighted by atomic mass is 9.38. The van der Waals surface area contributed by atoms with Gasteiger partial charge < -0.3 is 0 Å². The molecule has 3 nitrogen and oxygen atoms in total. The second kappa shape index (κ2) is 3.24. The normalized spacial score (nSPS) is 55.7. The highest BCUT2D eigenvalue weighted by atomic mass is 16.2. The van der Waals surface area contributed by atoms with Gasteiger partial charge in [-0.25, -0.2) is 0 Å². The third-order valence-electron chi connectivity index (χ3n) is 6.38. The van der Waals surface area contributed by atoms with Crippen LogP contribution >= 0.6 is 0 Å². The van der Waals surface area contributed by atoms with Gasteiger partial charge in [-0.2, -0.15) is 0 Å². The summed E-state index contributed by atoms with van der Waals surface area (Å²) in [5, 5.41) is 2.54. The maximum absolute atomic E-state index is 12.2. The molecule has 4 aliphatic carbocycles. The van der Waals surface area contributed by atoms with Crippen LogP contribution in [0, 0.1) is 28.1 Å². The summed E-state index contributed by atoms with van der Waals surface area (Å²) in [5.74, 6) is 0.706. The van der Waals surface area contributed by atoms with Gasteiger partial charge in [0.2, 0.25) is 11.8 Å². The molecular formula is C16H23NO2. The van der Waals surface area contributed by atoms with Crippen molar-refractivity contribution in [3.8, 4) is 0 Å². The van der Waals surface area contributed by atoms with Crippen LogP contribution in [0.3, 0.4) is 0 Å². The molecule has 2 amide bonds. The fourth-order valence-electron chi connectivity index (χ4n) is 6.97. The van der Waals surface area contributed by atoms with Crippen molar-refractivity contribution in [3.05, 3.63) is 0 Å². The van der Waals surface area contributed by atoms with Crippen LogP contribution in [0.1, 0.15) is 58.8 Å². The Morgan fingerprint density at radius 2 is 1.63 bits per heavy atom. The van der Waals surface area contributed by atoms with Crippen LogP contribution in [-0.2, 0) is 9.59 Å². The molecule has 0 aromatic rings. The standard InChI is InChI=1S/C16H23NO2/c1-14-4-10-5-15(2,7-14)9-16(6-10,8-14)11-3-12(18)17-13(11)19/h10-11H,3-9H2,1-2H3,(H,17,18,19)/t10?,11?,14-,15+,16?. The van der Waals surface area contributed by atoms with Crippen LogP contribution in [0.2, 0.25) is 0 Å². The monoisotopic (exact) mass is 261 g/mol. The third-order valence-corrected chi connectivity index (χ3v) is 6.38. The molecule has 5 aliphatic rings. The van der Waals surface area contributed by atoms with Gasteiger partial charge in [0.25, 0.3) is 0 Å². The van der Waals surface area contributed by atoms with Crippen molar-refractivity contribution < 1.29 is 9.59 Å². The number of carbonyl (C=O) groups is 2. The van der Waals surface area contributed by atoms with Gasteiger partial charge in [0.15, 0.2) is 0 Å². The second-order valence-corrected chi connectivity index (χ2v) is 8.66. The third kappa shape index (κ3) is 1.56. The Hall–Kier alpha value is -0.860. The van der Waals surface area contributed by atoms with E-state index in [9.17, 15) is 9.59 Å². The summed E-state index contributed by atoms with van der Waals surface area (Å²) in [6, 6.07) is 0. The van der Waals surface area contributed by atoms with Crippen LogP contribution in [0.5, 0.6) is 0 Å². The highest BCUT2D eigenvalue weighted by Gasteiger charge is 2.64. The lowest BCUT2D eigenvalue weighted by molar-refractivity contribution is -0.171. The second-order valence-electron chi connectivity index (χ2n) is 8.66. The predicted octanol–water partition coefficient (Wildman–Crippen LogP) is 2.65. The lowest BCUT2D eigenvalue weighted by Gasteiger charge is -2.66. The minimum Gasteiger partial charge on any atom is -0.296 e. The molecule has 1 aliphatic heterocycles. The molecule has 104 valence electrons. The van der Waals surface area contributed by atoms with E-state index < -0.39 is 0 Å². The maximum Gasteiger partial charge on any atom is 0.230 e. The van der Waals surface area contributed by atoms with E-state index in [0.29, 0.717) is 17.3 Å². The summed E-state index contributed by atoms with van der Waals surface area (Å²) in [4.78, 5) is 23.8. The molecule has 3 unspecified atom stereocenters. The Balaban J connectivity index is 1.75. The minimum atomic E-state index is -0.0546. The van der Waals surface area contributed by atoms with E-state index in [1.807, 2.05) is 0 Å². The first-order valence-corrected chi connectivity index (χ1v) is 7.65. The number of amides is 2. The zero-order valence-corrected chi connectivity index (χ0v) is 11.9. The van der Waals surface area contributed by atoms with Gasteiger partial charge in [-0.15, -0.1) is 0 Å². The average Bonchev–Trinajstić information content (AvgIpc) is 2.52. The molecule has 5 rings (SSSR count). The van der Waals surface area contributed by atoms with E-state index >= 15 is 0 Å². The van der Waals surface area contributed by atoms with Crippen LogP contribution in [-0.4, -0.2) is 11.8 Å². The molecule has 1 heterocycles. The Morgan fingerprint density at radius 1 is 1.00 bits per heavy atom. The van der Waals surface area contributed by atoms with Crippen molar-refractivity contribution in [1.82, 2.24) is 5.32 Å². The summed E-state index contributed by atoms with van der Waals surface area (Å²) in [6.45, 7) is 4.83. The first-order chi connectivity index (χ1) is 8.82. The number of hydrogen-bond acceptors (Lipinski definition) is 2. The minimum absolute atomic E-state index is 0.0131. The molecule has 0 aromatic heterocycles. The van der Waals surface area contributed by atoms with Crippen molar-refractivity contribution >= 4 is 11.8 Å². The quantitative estimate of drug-likeness (QED) is 0.738. The molecule has 19 heavy (non-hydrogen) atoms. The smallest absolute Gasteiger partial charge is 0.230 e. The molecule has 1 N–H and O–H groups in total. The van der Waals surface area contributed by atoms with E-state index in [1.54, 1.807) is 0 Å². The summed E-state index contributed by atoms with van der Waals surface area (Å²) < 4.78 is 0. The SMILES string of the molecule is C[C@]12CC3CC(C4CC(=O)NC4=O)(C1)C[C@@](C)(C3)C2. The van der Waals surface area contributed by atoms with Crippen molar-refractivity contribution in [2.45, 2.75) is 58.8 Å². The molecule has 5 atom stereocenters. The summed E-state index contributed by atoms with van der Waals surface area (Å²) in [5.41, 5.74) is 0.958. The molecule has 4 saturated carbocycles. The number of imide groups is 1. The van der Waals surface area contributed by atoms with E-state index in [1.165, 1.54) is 25.7 Å². The highest BCUT2D eigenvalue weighted by Crippen LogP contribution is 2.71. The molecule has 3 heteroatoms. The maximum atomic E-state index is 12.2. The number of nitrogens with one attached hydrogen (secondary N) is 1. The van der Waals surface area contributed by atoms with Gasteiger partial charge in [-0.1, -0.05) is 13.8 Å². The van der Waals surface area contributed by atoms with E-state index in [0.717, 1.165) is 18.8 Å². The number of carbonyl (C=O) groups excluding carboxylic acids is 2. The Morgan fingerprint density at radius 3 is 2.11 bits per heavy atom. The van der Waals surface area contributed by atoms with Gasteiger partial charge >= 0.3 is 0 Å². The van der Waals surface area contributed by atoms with Gasteiger partial charge in [-0.05, 0) is 60.7 Å². The zero-order chi connectivity index (χ0) is 13.5. The van der Waals surface area contributed by atoms with Crippen molar-refractivity contribution in [2.24, 2.45) is 28.1 Å². The summed E-state index contributed by atoms with van der Waals surface area (Å²) in [6.07, 6.45) is 7.95. The van der Waals surface area contributed by atoms with Crippen LogP contribution in [0.15, 0.2) is 0 Å². The molecule has 0 aromatic carbocycles. The molecule has 5 fully saturated rings. The molecule has 4 bridgehead atoms. The van der Waals surface area contributed by atoms with Crippen molar-refractivity contribution in [2.75, 3.05) is 0 Å². The van der Waals surface area contributed by atoms with Crippen LogP contribution in [0.4, 0.5) is 0 Å². The van der Waals surface area contributed by atoms with Crippen molar-refractivity contribution in [1.29, 1.82) is 0 Å². The van der Waals surface area contributed by atoms with Crippen LogP contribution in [0.25, 0.3) is 0 Å². The fraction of sp³-hybridized carbons (Fsp3) is 0.875. The zero-order valence-electron chi connectivity index (χ0n) is 11.9. The first kappa shape index (κ1) is 11.9. The van der Waals surface area contributed by atoms with E-state index in [-0.39, 0.29) is 23.1 Å². The molecule has 0 radical (unpaired) electrons. The van der Waals surface area contributed by atoms with Gasteiger partial charge in [0, 0.05) is 6.42 Å². The summed E-state index contributed by atoms with van der Waals surface area (Å²) >= 11 is 0. The van der Waals surface area contributed by atoms with Crippen LogP contribution < -0.4 is 5.32 Å². The van der Waals surface area contributed by atoms with Crippen molar-refractivity contribution in [3.63, 3.8) is 0 Å². The van der Waals surface area contributed by atoms with E-state index in [2.05, 4.69) is 19.2 Å². The number of hydrogen-bond donors (Lipinski definition) is 1. The Bertz CT molecular complexity index is 465. The fourth-order valence-corrected chi connectivity index (χ4v) is 6.97.